The van der Waals surface area contributed by atoms with Gasteiger partial charge in [0.2, 0.25) is 0 Å². The maximum atomic E-state index is 10.8. The molecule has 114 valence electrons. The van der Waals surface area contributed by atoms with Crippen LogP contribution in [-0.4, -0.2) is 19.3 Å². The van der Waals surface area contributed by atoms with Crippen LogP contribution in [-0.2, 0) is 4.74 Å². The zero-order chi connectivity index (χ0) is 15.8. The minimum absolute atomic E-state index is 0.291. The number of ether oxygens (including phenoxy) is 1. The van der Waals surface area contributed by atoms with Crippen molar-refractivity contribution in [3.05, 3.63) is 35.9 Å². The van der Waals surface area contributed by atoms with Gasteiger partial charge >= 0.3 is 5.97 Å². The summed E-state index contributed by atoms with van der Waals surface area (Å²) in [6, 6.07) is 8.88. The van der Waals surface area contributed by atoms with Crippen LogP contribution in [0.4, 0.5) is 19.4 Å². The predicted octanol–water partition coefficient (Wildman–Crippen LogP) is 5.41. The van der Waals surface area contributed by atoms with Crippen LogP contribution in [0.15, 0.2) is 30.3 Å². The molecule has 0 bridgehead atoms. The number of halogens is 5. The third-order valence-corrected chi connectivity index (χ3v) is 1.19. The van der Waals surface area contributed by atoms with Gasteiger partial charge < -0.3 is 4.74 Å². The number of benzene rings is 1. The molecule has 0 radical (unpaired) electrons. The van der Waals surface area contributed by atoms with Crippen molar-refractivity contribution in [3.63, 3.8) is 0 Å². The number of hydrogen-bond acceptors (Lipinski definition) is 2. The molecule has 0 N–H and O–H groups in total. The van der Waals surface area contributed by atoms with E-state index in [9.17, 15) is 24.2 Å². The van der Waals surface area contributed by atoms with Crippen molar-refractivity contribution in [1.82, 2.24) is 0 Å². The molecule has 19 heavy (non-hydrogen) atoms. The van der Waals surface area contributed by atoms with E-state index in [1.165, 1.54) is 7.11 Å². The fourth-order valence-corrected chi connectivity index (χ4v) is 0.692. The summed E-state index contributed by atoms with van der Waals surface area (Å²) in [5, 5.41) is 0. The van der Waals surface area contributed by atoms with Crippen LogP contribution in [0.25, 0.3) is 0 Å². The molecule has 1 rings (SSSR count). The summed E-state index contributed by atoms with van der Waals surface area (Å²) in [4.78, 5) is 10.8. The Labute approximate surface area is 109 Å². The van der Waals surface area contributed by atoms with E-state index in [4.69, 9.17) is 0 Å². The average molecular weight is 308 g/mol. The van der Waals surface area contributed by atoms with Gasteiger partial charge in [0.15, 0.2) is 0 Å². The molecule has 0 atom stereocenters. The van der Waals surface area contributed by atoms with Gasteiger partial charge in [-0.1, -0.05) is 51.5 Å². The summed E-state index contributed by atoms with van der Waals surface area (Å²) < 4.78 is 57.1. The second-order valence-electron chi connectivity index (χ2n) is 3.21. The number of esters is 1. The quantitative estimate of drug-likeness (QED) is 0.512. The van der Waals surface area contributed by atoms with E-state index in [2.05, 4.69) is 4.74 Å². The van der Waals surface area contributed by atoms with E-state index in [-0.39, 0.29) is 5.97 Å². The van der Waals surface area contributed by atoms with Crippen LogP contribution in [0.3, 0.4) is 0 Å². The first-order chi connectivity index (χ1) is 8.29. The highest BCUT2D eigenvalue weighted by Crippen LogP contribution is 2.95. The summed E-state index contributed by atoms with van der Waals surface area (Å²) >= 11 is 0. The minimum Gasteiger partial charge on any atom is -0.465 e. The number of carbonyl (C=O) groups is 1. The molecule has 1 aromatic rings. The molecule has 0 saturated carbocycles. The van der Waals surface area contributed by atoms with Crippen LogP contribution < -0.4 is 0 Å². The molecular formula is C11H17F5O2S. The molecule has 0 saturated heterocycles. The zero-order valence-electron chi connectivity index (χ0n) is 11.0. The molecule has 0 unspecified atom stereocenters. The van der Waals surface area contributed by atoms with Crippen LogP contribution >= 0.6 is 10.2 Å². The molecule has 2 nitrogen and oxygen atoms in total. The van der Waals surface area contributed by atoms with Gasteiger partial charge in [0.25, 0.3) is 10.2 Å². The van der Waals surface area contributed by atoms with Gasteiger partial charge in [-0.15, -0.1) is 0 Å². The van der Waals surface area contributed by atoms with Gasteiger partial charge in [-0.25, -0.2) is 4.79 Å². The van der Waals surface area contributed by atoms with Crippen molar-refractivity contribution < 1.29 is 29.0 Å². The SMILES string of the molecule is CC.COC(=O)c1ccccc1.CS(F)(F)(F)(F)F. The second-order valence-corrected chi connectivity index (χ2v) is 5.92. The Morgan fingerprint density at radius 3 is 1.58 bits per heavy atom. The number of hydrogen-bond donors (Lipinski definition) is 0. The zero-order valence-corrected chi connectivity index (χ0v) is 11.8. The molecule has 0 aliphatic carbocycles. The first-order valence-electron chi connectivity index (χ1n) is 5.16. The smallest absolute Gasteiger partial charge is 0.337 e. The largest absolute Gasteiger partial charge is 0.465 e. The summed E-state index contributed by atoms with van der Waals surface area (Å²) in [5.41, 5.74) is 0.588. The van der Waals surface area contributed by atoms with Crippen molar-refractivity contribution in [1.29, 1.82) is 0 Å². The lowest BCUT2D eigenvalue weighted by atomic mass is 10.2. The number of methoxy groups -OCH3 is 1. The second kappa shape index (κ2) is 6.23. The Balaban J connectivity index is 0. The monoisotopic (exact) mass is 308 g/mol. The van der Waals surface area contributed by atoms with Crippen molar-refractivity contribution in [2.75, 3.05) is 13.4 Å². The highest BCUT2D eigenvalue weighted by Gasteiger charge is 2.57. The fraction of sp³-hybridized carbons (Fsp3) is 0.364. The molecule has 0 aliphatic heterocycles. The molecule has 0 heterocycles. The van der Waals surface area contributed by atoms with Crippen LogP contribution in [0, 0.1) is 0 Å². The maximum Gasteiger partial charge on any atom is 0.337 e. The molecule has 0 aromatic heterocycles. The molecular weight excluding hydrogens is 291 g/mol. The Kier molecular flexibility index (Phi) is 6.56. The Hall–Kier alpha value is -1.31. The summed E-state index contributed by atoms with van der Waals surface area (Å²) in [7, 11) is -7.60. The van der Waals surface area contributed by atoms with E-state index in [1.54, 1.807) is 24.3 Å². The summed E-state index contributed by atoms with van der Waals surface area (Å²) in [5.74, 6) is -0.291. The fourth-order valence-electron chi connectivity index (χ4n) is 0.692. The normalized spacial score (nSPS) is 13.5. The van der Waals surface area contributed by atoms with Crippen LogP contribution in [0.2, 0.25) is 0 Å². The third-order valence-electron chi connectivity index (χ3n) is 1.19. The van der Waals surface area contributed by atoms with E-state index < -0.39 is 16.5 Å². The Morgan fingerprint density at radius 2 is 1.32 bits per heavy atom. The molecule has 0 aliphatic rings. The van der Waals surface area contributed by atoms with E-state index >= 15 is 0 Å². The van der Waals surface area contributed by atoms with Gasteiger partial charge in [0, 0.05) is 0 Å². The standard InChI is InChI=1S/C8H8O2.C2H6.CH3F5S/c1-10-8(9)7-5-3-2-4-6-7;1-2;1-7(2,3,4,5)6/h2-6H,1H3;1-2H3;1H3. The van der Waals surface area contributed by atoms with E-state index in [0.29, 0.717) is 5.56 Å². The van der Waals surface area contributed by atoms with Crippen molar-refractivity contribution >= 4 is 16.2 Å². The van der Waals surface area contributed by atoms with Crippen LogP contribution in [0.1, 0.15) is 24.2 Å². The average Bonchev–Trinajstić information content (AvgIpc) is 2.28. The summed E-state index contributed by atoms with van der Waals surface area (Å²) in [6.45, 7) is 4.00. The maximum absolute atomic E-state index is 10.8. The van der Waals surface area contributed by atoms with Crippen LogP contribution in [0.5, 0.6) is 0 Å². The van der Waals surface area contributed by atoms with E-state index in [1.807, 2.05) is 19.9 Å². The Bertz CT molecular complexity index is 374. The first kappa shape index (κ1) is 20.0. The first-order valence-corrected chi connectivity index (χ1v) is 7.52. The topological polar surface area (TPSA) is 26.3 Å². The van der Waals surface area contributed by atoms with Crippen molar-refractivity contribution in [3.8, 4) is 0 Å². The van der Waals surface area contributed by atoms with E-state index in [0.717, 1.165) is 0 Å². The molecule has 0 amide bonds. The highest BCUT2D eigenvalue weighted by atomic mass is 32.5. The highest BCUT2D eigenvalue weighted by molar-refractivity contribution is 8.45. The van der Waals surface area contributed by atoms with Gasteiger partial charge in [0.1, 0.15) is 0 Å². The summed E-state index contributed by atoms with van der Waals surface area (Å²) in [6.07, 6.45) is -0.986. The van der Waals surface area contributed by atoms with Gasteiger partial charge in [-0.3, -0.25) is 0 Å². The number of carbonyl (C=O) groups excluding carboxylic acids is 1. The minimum atomic E-state index is -8.97. The lowest BCUT2D eigenvalue weighted by molar-refractivity contribution is 0.0600. The molecule has 0 spiro atoms. The Morgan fingerprint density at radius 1 is 1.00 bits per heavy atom. The van der Waals surface area contributed by atoms with Gasteiger partial charge in [-0.2, -0.15) is 0 Å². The van der Waals surface area contributed by atoms with Crippen molar-refractivity contribution in [2.24, 2.45) is 0 Å². The third kappa shape index (κ3) is 22.4. The molecule has 1 aromatic carbocycles. The van der Waals surface area contributed by atoms with Gasteiger partial charge in [0.05, 0.1) is 18.9 Å². The van der Waals surface area contributed by atoms with Crippen molar-refractivity contribution in [2.45, 2.75) is 13.8 Å². The number of rotatable bonds is 1. The predicted molar refractivity (Wildman–Crippen MR) is 68.2 cm³/mol. The lowest BCUT2D eigenvalue weighted by Crippen LogP contribution is -1.99. The lowest BCUT2D eigenvalue weighted by Gasteiger charge is -2.35. The van der Waals surface area contributed by atoms with Gasteiger partial charge in [-0.05, 0) is 12.1 Å². The molecule has 8 heteroatoms. The molecule has 0 fully saturated rings.